The minimum absolute atomic E-state index is 0.0219. The molecule has 0 fully saturated rings. The molecule has 70 heavy (non-hydrogen) atoms. The summed E-state index contributed by atoms with van der Waals surface area (Å²) in [6, 6.07) is 54.1. The van der Waals surface area contributed by atoms with Crippen molar-refractivity contribution < 1.29 is 0 Å². The number of aromatic nitrogens is 1. The quantitative estimate of drug-likeness (QED) is 0.133. The Balaban J connectivity index is 0.974. The van der Waals surface area contributed by atoms with E-state index in [2.05, 4.69) is 221 Å². The van der Waals surface area contributed by atoms with Crippen LogP contribution in [0.4, 0.5) is 5.69 Å². The lowest BCUT2D eigenvalue weighted by atomic mass is 9.80. The maximum atomic E-state index is 9.50. The number of rotatable bonds is 10. The van der Waals surface area contributed by atoms with Crippen molar-refractivity contribution in [3.8, 4) is 39.1 Å². The zero-order valence-electron chi connectivity index (χ0n) is 40.7. The van der Waals surface area contributed by atoms with Gasteiger partial charge >= 0.3 is 0 Å². The van der Waals surface area contributed by atoms with E-state index in [9.17, 15) is 5.41 Å². The summed E-state index contributed by atoms with van der Waals surface area (Å²) < 4.78 is 3.62. The Labute approximate surface area is 416 Å². The van der Waals surface area contributed by atoms with Crippen molar-refractivity contribution >= 4 is 66.4 Å². The number of allylic oxidation sites excluding steroid dienone is 8. The molecule has 2 heterocycles. The van der Waals surface area contributed by atoms with Crippen LogP contribution in [-0.4, -0.2) is 16.5 Å². The molecular weight excluding hydrogens is 867 g/mol. The van der Waals surface area contributed by atoms with Gasteiger partial charge in [0.25, 0.3) is 0 Å². The number of fused-ring (bicyclic) bond motifs is 6. The first-order valence-corrected chi connectivity index (χ1v) is 25.9. The van der Waals surface area contributed by atoms with Crippen LogP contribution in [0, 0.1) is 18.3 Å². The topological polar surface area (TPSA) is 41.1 Å². The summed E-state index contributed by atoms with van der Waals surface area (Å²) in [5.41, 5.74) is 21.8. The van der Waals surface area contributed by atoms with Crippen LogP contribution in [0.2, 0.25) is 0 Å². The van der Waals surface area contributed by atoms with Crippen molar-refractivity contribution in [1.82, 2.24) is 4.57 Å². The summed E-state index contributed by atoms with van der Waals surface area (Å²) in [6.45, 7) is 11.7. The number of benzene rings is 7. The van der Waals surface area contributed by atoms with Crippen molar-refractivity contribution in [3.05, 3.63) is 220 Å². The largest absolute Gasteiger partial charge is 0.309 e. The van der Waals surface area contributed by atoms with Gasteiger partial charge in [-0.15, -0.1) is 11.3 Å². The molecule has 0 radical (unpaired) electrons. The van der Waals surface area contributed by atoms with Gasteiger partial charge in [0.15, 0.2) is 0 Å². The molecule has 3 aliphatic carbocycles. The third kappa shape index (κ3) is 7.40. The fourth-order valence-electron chi connectivity index (χ4n) is 11.5. The summed E-state index contributed by atoms with van der Waals surface area (Å²) >= 11 is 1.68. The van der Waals surface area contributed by atoms with Crippen molar-refractivity contribution in [2.75, 3.05) is 0 Å². The van der Waals surface area contributed by atoms with Crippen molar-refractivity contribution in [2.24, 2.45) is 10.9 Å². The van der Waals surface area contributed by atoms with Crippen LogP contribution in [0.15, 0.2) is 193 Å². The third-order valence-electron chi connectivity index (χ3n) is 15.6. The van der Waals surface area contributed by atoms with E-state index in [0.717, 1.165) is 57.5 Å². The molecule has 2 aromatic heterocycles. The van der Waals surface area contributed by atoms with Crippen LogP contribution < -0.4 is 0 Å². The highest BCUT2D eigenvalue weighted by atomic mass is 32.1. The number of aryl methyl sites for hydroxylation is 1. The van der Waals surface area contributed by atoms with Crippen LogP contribution in [0.3, 0.4) is 0 Å². The van der Waals surface area contributed by atoms with E-state index in [1.54, 1.807) is 11.3 Å². The van der Waals surface area contributed by atoms with Crippen LogP contribution in [0.25, 0.3) is 76.5 Å². The van der Waals surface area contributed by atoms with Crippen molar-refractivity contribution in [1.29, 1.82) is 5.41 Å². The van der Waals surface area contributed by atoms with Gasteiger partial charge in [-0.1, -0.05) is 149 Å². The van der Waals surface area contributed by atoms with E-state index >= 15 is 0 Å². The van der Waals surface area contributed by atoms with Gasteiger partial charge in [0.05, 0.1) is 27.3 Å². The molecule has 9 aromatic rings. The molecule has 0 aliphatic heterocycles. The molecule has 7 aromatic carbocycles. The monoisotopic (exact) mass is 923 g/mol. The van der Waals surface area contributed by atoms with Crippen molar-refractivity contribution in [2.45, 2.75) is 71.6 Å². The maximum Gasteiger partial charge on any atom is 0.0907 e. The number of nitrogens with one attached hydrogen (secondary N) is 1. The van der Waals surface area contributed by atoms with Gasteiger partial charge in [-0.2, -0.15) is 0 Å². The van der Waals surface area contributed by atoms with Gasteiger partial charge < -0.3 is 9.98 Å². The lowest BCUT2D eigenvalue weighted by Crippen LogP contribution is -2.16. The highest BCUT2D eigenvalue weighted by Gasteiger charge is 2.38. The summed E-state index contributed by atoms with van der Waals surface area (Å²) in [6.07, 6.45) is 19.3. The zero-order chi connectivity index (χ0) is 47.7. The molecule has 2 unspecified atom stereocenters. The predicted molar refractivity (Wildman–Crippen MR) is 301 cm³/mol. The third-order valence-corrected chi connectivity index (χ3v) is 16.7. The molecule has 0 spiro atoms. The number of para-hydroxylation sites is 1. The van der Waals surface area contributed by atoms with E-state index in [1.807, 2.05) is 6.21 Å². The van der Waals surface area contributed by atoms with E-state index < -0.39 is 0 Å². The molecule has 1 N–H and O–H groups in total. The highest BCUT2D eigenvalue weighted by molar-refractivity contribution is 7.21. The summed E-state index contributed by atoms with van der Waals surface area (Å²) in [7, 11) is 0. The molecule has 3 nitrogen and oxygen atoms in total. The number of thiophene rings is 1. The Hall–Kier alpha value is -7.40. The number of nitrogens with zero attached hydrogens (tertiary/aromatic N) is 2. The summed E-state index contributed by atoms with van der Waals surface area (Å²) in [5.74, 6) is 0.391. The minimum Gasteiger partial charge on any atom is -0.309 e. The fourth-order valence-corrected chi connectivity index (χ4v) is 12.6. The molecule has 12 rings (SSSR count). The second kappa shape index (κ2) is 17.5. The molecule has 342 valence electrons. The smallest absolute Gasteiger partial charge is 0.0907 e. The van der Waals surface area contributed by atoms with Crippen LogP contribution in [0.5, 0.6) is 0 Å². The van der Waals surface area contributed by atoms with Crippen molar-refractivity contribution in [3.63, 3.8) is 0 Å². The fraction of sp³-hybridized carbons (Fsp3) is 0.182. The Morgan fingerprint density at radius 3 is 2.29 bits per heavy atom. The maximum absolute atomic E-state index is 9.50. The molecule has 3 aliphatic rings. The summed E-state index contributed by atoms with van der Waals surface area (Å²) in [4.78, 5) is 6.29. The van der Waals surface area contributed by atoms with E-state index in [4.69, 9.17) is 4.99 Å². The second-order valence-corrected chi connectivity index (χ2v) is 21.2. The normalized spacial score (nSPS) is 16.5. The average Bonchev–Trinajstić information content (AvgIpc) is 4.01. The first kappa shape index (κ1) is 43.9. The summed E-state index contributed by atoms with van der Waals surface area (Å²) in [5, 5.41) is 13.2. The van der Waals surface area contributed by atoms with Crippen LogP contribution in [-0.2, 0) is 5.41 Å². The molecule has 0 saturated carbocycles. The molecule has 0 bridgehead atoms. The van der Waals surface area contributed by atoms with Gasteiger partial charge in [-0.3, -0.25) is 4.99 Å². The lowest BCUT2D eigenvalue weighted by molar-refractivity contribution is 0.652. The minimum atomic E-state index is -0.0449. The van der Waals surface area contributed by atoms with Gasteiger partial charge in [0.1, 0.15) is 0 Å². The van der Waals surface area contributed by atoms with E-state index in [-0.39, 0.29) is 11.3 Å². The molecule has 0 amide bonds. The number of hydrogen-bond donors (Lipinski definition) is 1. The zero-order valence-corrected chi connectivity index (χ0v) is 41.5. The second-order valence-electron chi connectivity index (χ2n) is 20.1. The lowest BCUT2D eigenvalue weighted by Gasteiger charge is -2.24. The van der Waals surface area contributed by atoms with E-state index in [1.165, 1.54) is 88.7 Å². The van der Waals surface area contributed by atoms with Gasteiger partial charge in [-0.25, -0.2) is 0 Å². The molecule has 0 saturated heterocycles. The first-order valence-electron chi connectivity index (χ1n) is 25.1. The number of hydrogen-bond acceptors (Lipinski definition) is 3. The van der Waals surface area contributed by atoms with Crippen LogP contribution in [0.1, 0.15) is 92.0 Å². The van der Waals surface area contributed by atoms with Crippen LogP contribution >= 0.6 is 11.3 Å². The Morgan fingerprint density at radius 1 is 0.743 bits per heavy atom. The Morgan fingerprint density at radius 2 is 1.49 bits per heavy atom. The first-order chi connectivity index (χ1) is 34.2. The predicted octanol–water partition coefficient (Wildman–Crippen LogP) is 18.5. The standard InChI is InChI=1S/C66H57N3S/c1-6-41(2)50-31-27-43(40-68-64-57-37-46(44-18-10-7-11-19-44)30-33-62(57)70-65(64)63(67)45-20-12-8-13-21-45)34-53(50)52-35-47(28-26-42(52)3)48-29-32-60-55(36-48)56-38-54-51-24-16-17-25-58(51)66(4,5)59(54)39-61(56)69(60)49-22-14-9-15-23-49/h7-15,17-20,22-23,25-41,45,67H,6,16,21,24H2,1-5H3/b67-63?,68-40+. The Kier molecular flexibility index (Phi) is 11.0. The SMILES string of the molecule is CCC(C)c1ccc(/C=N/c2c(C(=N)C3C=CC=CC3)sc3ccc(-c4ccccc4)cc23)cc1-c1cc(-c2ccc3c(c2)c2cc4c(cc2n3-c2ccccc2)C(C)(C)C2=C4CCC=C2)ccc1C. The average molecular weight is 924 g/mol. The van der Waals surface area contributed by atoms with E-state index in [0.29, 0.717) is 11.6 Å². The van der Waals surface area contributed by atoms with Gasteiger partial charge in [0.2, 0.25) is 0 Å². The highest BCUT2D eigenvalue weighted by Crippen LogP contribution is 2.52. The molecule has 4 heteroatoms. The van der Waals surface area contributed by atoms with Gasteiger partial charge in [-0.05, 0) is 172 Å². The molecular formula is C66H57N3S. The Bertz CT molecular complexity index is 3740. The number of aliphatic imine (C=N–C) groups is 1. The van der Waals surface area contributed by atoms with Gasteiger partial charge in [0, 0.05) is 44.1 Å². The molecule has 2 atom stereocenters.